The van der Waals surface area contributed by atoms with Crippen LogP contribution in [0.5, 0.6) is 0 Å². The number of rotatable bonds is 1. The molecule has 0 aliphatic carbocycles. The highest BCUT2D eigenvalue weighted by Crippen LogP contribution is 2.30. The largest absolute Gasteiger partial charge is 0.459 e. The smallest absolute Gasteiger partial charge is 0.294 e. The second-order valence-electron chi connectivity index (χ2n) is 4.88. The van der Waals surface area contributed by atoms with Crippen LogP contribution in [0.1, 0.15) is 28.1 Å². The van der Waals surface area contributed by atoms with Crippen LogP contribution in [0, 0.1) is 6.92 Å². The zero-order valence-electron chi connectivity index (χ0n) is 10.8. The molecule has 2 heterocycles. The van der Waals surface area contributed by atoms with Crippen LogP contribution in [0.3, 0.4) is 0 Å². The number of aryl methyl sites for hydroxylation is 2. The van der Waals surface area contributed by atoms with E-state index in [0.717, 1.165) is 41.9 Å². The first-order valence-electron chi connectivity index (χ1n) is 6.41. The van der Waals surface area contributed by atoms with E-state index in [1.165, 1.54) is 0 Å². The van der Waals surface area contributed by atoms with Crippen LogP contribution in [-0.2, 0) is 6.42 Å². The molecule has 0 spiro atoms. The lowest BCUT2D eigenvalue weighted by Crippen LogP contribution is -2.35. The number of fused-ring (bicyclic) bond motifs is 1. The molecule has 1 aromatic heterocycles. The Balaban J connectivity index is 2.00. The monoisotopic (exact) mass is 256 g/mol. The van der Waals surface area contributed by atoms with E-state index in [9.17, 15) is 4.79 Å². The van der Waals surface area contributed by atoms with Crippen LogP contribution < -0.4 is 10.6 Å². The van der Waals surface area contributed by atoms with Crippen LogP contribution in [0.15, 0.2) is 34.9 Å². The molecule has 0 unspecified atom stereocenters. The van der Waals surface area contributed by atoms with Crippen molar-refractivity contribution in [1.29, 1.82) is 0 Å². The molecule has 1 aliphatic rings. The molecule has 19 heavy (non-hydrogen) atoms. The van der Waals surface area contributed by atoms with Gasteiger partial charge in [0.1, 0.15) is 0 Å². The predicted molar refractivity (Wildman–Crippen MR) is 74.3 cm³/mol. The summed E-state index contributed by atoms with van der Waals surface area (Å²) < 4.78 is 5.30. The third-order valence-corrected chi connectivity index (χ3v) is 3.52. The number of nitrogens with two attached hydrogens (primary N) is 1. The SMILES string of the molecule is Cc1ccoc1C(=O)N1CCCc2cc(N)ccc21. The van der Waals surface area contributed by atoms with E-state index in [1.54, 1.807) is 17.2 Å². The van der Waals surface area contributed by atoms with Gasteiger partial charge in [0.25, 0.3) is 5.91 Å². The lowest BCUT2D eigenvalue weighted by Gasteiger charge is -2.29. The van der Waals surface area contributed by atoms with Crippen molar-refractivity contribution >= 4 is 17.3 Å². The summed E-state index contributed by atoms with van der Waals surface area (Å²) in [7, 11) is 0. The molecular formula is C15H16N2O2. The molecule has 0 saturated heterocycles. The third kappa shape index (κ3) is 1.99. The number of carbonyl (C=O) groups is 1. The highest BCUT2D eigenvalue weighted by atomic mass is 16.3. The van der Waals surface area contributed by atoms with Crippen LogP contribution >= 0.6 is 0 Å². The summed E-state index contributed by atoms with van der Waals surface area (Å²) in [5.41, 5.74) is 9.48. The van der Waals surface area contributed by atoms with E-state index in [1.807, 2.05) is 25.1 Å². The van der Waals surface area contributed by atoms with Crippen LogP contribution in [0.25, 0.3) is 0 Å². The number of anilines is 2. The summed E-state index contributed by atoms with van der Waals surface area (Å²) in [6.45, 7) is 2.60. The summed E-state index contributed by atoms with van der Waals surface area (Å²) in [5, 5.41) is 0. The number of benzene rings is 1. The van der Waals surface area contributed by atoms with E-state index in [4.69, 9.17) is 10.2 Å². The van der Waals surface area contributed by atoms with E-state index >= 15 is 0 Å². The fourth-order valence-electron chi connectivity index (χ4n) is 2.54. The van der Waals surface area contributed by atoms with E-state index in [0.29, 0.717) is 5.76 Å². The maximum atomic E-state index is 12.5. The van der Waals surface area contributed by atoms with E-state index in [2.05, 4.69) is 0 Å². The van der Waals surface area contributed by atoms with Gasteiger partial charge in [-0.3, -0.25) is 4.79 Å². The lowest BCUT2D eigenvalue weighted by atomic mass is 10.0. The van der Waals surface area contributed by atoms with Gasteiger partial charge in [0.05, 0.1) is 6.26 Å². The second kappa shape index (κ2) is 4.46. The number of amides is 1. The molecule has 1 amide bonds. The minimum Gasteiger partial charge on any atom is -0.459 e. The van der Waals surface area contributed by atoms with Gasteiger partial charge in [0.2, 0.25) is 0 Å². The normalized spacial score (nSPS) is 14.3. The molecule has 0 atom stereocenters. The van der Waals surface area contributed by atoms with Gasteiger partial charge in [-0.2, -0.15) is 0 Å². The van der Waals surface area contributed by atoms with Crippen molar-refractivity contribution in [2.75, 3.05) is 17.2 Å². The van der Waals surface area contributed by atoms with Gasteiger partial charge in [-0.15, -0.1) is 0 Å². The molecule has 0 bridgehead atoms. The van der Waals surface area contributed by atoms with Crippen LogP contribution in [0.4, 0.5) is 11.4 Å². The number of hydrogen-bond acceptors (Lipinski definition) is 3. The Morgan fingerprint density at radius 3 is 2.95 bits per heavy atom. The summed E-state index contributed by atoms with van der Waals surface area (Å²) in [5.74, 6) is 0.345. The molecule has 4 heteroatoms. The molecule has 0 saturated carbocycles. The van der Waals surface area contributed by atoms with Crippen molar-refractivity contribution in [3.8, 4) is 0 Å². The second-order valence-corrected chi connectivity index (χ2v) is 4.88. The van der Waals surface area contributed by atoms with E-state index < -0.39 is 0 Å². The molecule has 2 N–H and O–H groups in total. The number of furan rings is 1. The van der Waals surface area contributed by atoms with Gasteiger partial charge in [-0.1, -0.05) is 0 Å². The summed E-state index contributed by atoms with van der Waals surface area (Å²) in [4.78, 5) is 14.3. The average Bonchev–Trinajstić information content (AvgIpc) is 2.83. The lowest BCUT2D eigenvalue weighted by molar-refractivity contribution is 0.0957. The molecule has 3 rings (SSSR count). The van der Waals surface area contributed by atoms with Gasteiger partial charge in [0, 0.05) is 23.5 Å². The van der Waals surface area contributed by atoms with Gasteiger partial charge in [-0.25, -0.2) is 0 Å². The summed E-state index contributed by atoms with van der Waals surface area (Å²) in [6.07, 6.45) is 3.46. The molecule has 0 radical (unpaired) electrons. The molecule has 0 fully saturated rings. The van der Waals surface area contributed by atoms with Crippen molar-refractivity contribution in [1.82, 2.24) is 0 Å². The minimum atomic E-state index is -0.0757. The number of nitrogens with zero attached hydrogens (tertiary/aromatic N) is 1. The maximum absolute atomic E-state index is 12.5. The first kappa shape index (κ1) is 11.8. The Bertz CT molecular complexity index is 631. The fraction of sp³-hybridized carbons (Fsp3) is 0.267. The average molecular weight is 256 g/mol. The van der Waals surface area contributed by atoms with Gasteiger partial charge in [0.15, 0.2) is 5.76 Å². The maximum Gasteiger partial charge on any atom is 0.294 e. The van der Waals surface area contributed by atoms with Gasteiger partial charge < -0.3 is 15.1 Å². The first-order valence-corrected chi connectivity index (χ1v) is 6.41. The third-order valence-electron chi connectivity index (χ3n) is 3.52. The van der Waals surface area contributed by atoms with Gasteiger partial charge >= 0.3 is 0 Å². The zero-order valence-corrected chi connectivity index (χ0v) is 10.8. The fourth-order valence-corrected chi connectivity index (χ4v) is 2.54. The molecule has 1 aromatic carbocycles. The molecular weight excluding hydrogens is 240 g/mol. The van der Waals surface area contributed by atoms with Crippen molar-refractivity contribution in [3.05, 3.63) is 47.4 Å². The highest BCUT2D eigenvalue weighted by Gasteiger charge is 2.26. The molecule has 1 aliphatic heterocycles. The topological polar surface area (TPSA) is 59.5 Å². The zero-order chi connectivity index (χ0) is 13.4. The predicted octanol–water partition coefficient (Wildman–Crippen LogP) is 2.76. The Hall–Kier alpha value is -2.23. The Kier molecular flexibility index (Phi) is 2.78. The Labute approximate surface area is 111 Å². The molecule has 4 nitrogen and oxygen atoms in total. The van der Waals surface area contributed by atoms with Crippen molar-refractivity contribution < 1.29 is 9.21 Å². The standard InChI is InChI=1S/C15H16N2O2/c1-10-6-8-19-14(10)15(18)17-7-2-3-11-9-12(16)4-5-13(11)17/h4-6,8-9H,2-3,7,16H2,1H3. The summed E-state index contributed by atoms with van der Waals surface area (Å²) >= 11 is 0. The highest BCUT2D eigenvalue weighted by molar-refractivity contribution is 6.05. The Morgan fingerprint density at radius 2 is 2.21 bits per heavy atom. The van der Waals surface area contributed by atoms with Crippen molar-refractivity contribution in [2.24, 2.45) is 0 Å². The summed E-state index contributed by atoms with van der Waals surface area (Å²) in [6, 6.07) is 7.50. The number of carbonyl (C=O) groups excluding carboxylic acids is 1. The van der Waals surface area contributed by atoms with E-state index in [-0.39, 0.29) is 5.91 Å². The molecule has 2 aromatic rings. The number of nitrogen functional groups attached to an aromatic ring is 1. The quantitative estimate of drug-likeness (QED) is 0.798. The van der Waals surface area contributed by atoms with Crippen LogP contribution in [-0.4, -0.2) is 12.5 Å². The van der Waals surface area contributed by atoms with Crippen molar-refractivity contribution in [3.63, 3.8) is 0 Å². The van der Waals surface area contributed by atoms with Gasteiger partial charge in [-0.05, 0) is 49.6 Å². The first-order chi connectivity index (χ1) is 9.16. The van der Waals surface area contributed by atoms with Crippen LogP contribution in [0.2, 0.25) is 0 Å². The van der Waals surface area contributed by atoms with Crippen molar-refractivity contribution in [2.45, 2.75) is 19.8 Å². The molecule has 98 valence electrons. The minimum absolute atomic E-state index is 0.0757. The Morgan fingerprint density at radius 1 is 1.37 bits per heavy atom. The number of hydrogen-bond donors (Lipinski definition) is 1.